The van der Waals surface area contributed by atoms with Gasteiger partial charge in [0.25, 0.3) is 0 Å². The third kappa shape index (κ3) is 4.28. The standard InChI is InChI=1S/C18H21N3OS/c1-14-4-6-15(7-5-14)8-9-18(22)21(16-11-19-20-12-16)13-17-3-2-10-23-17/h2-10,16,19-20H,11-13H2,1H3/b9-8+. The maximum absolute atomic E-state index is 12.7. The lowest BCUT2D eigenvalue weighted by Gasteiger charge is -2.26. The highest BCUT2D eigenvalue weighted by Gasteiger charge is 2.25. The van der Waals surface area contributed by atoms with Crippen molar-refractivity contribution in [1.29, 1.82) is 0 Å². The van der Waals surface area contributed by atoms with E-state index in [4.69, 9.17) is 0 Å². The molecular weight excluding hydrogens is 306 g/mol. The van der Waals surface area contributed by atoms with Gasteiger partial charge in [-0.2, -0.15) is 0 Å². The molecule has 0 saturated carbocycles. The second-order valence-electron chi connectivity index (χ2n) is 5.71. The lowest BCUT2D eigenvalue weighted by Crippen LogP contribution is -2.41. The van der Waals surface area contributed by atoms with Crippen molar-refractivity contribution in [1.82, 2.24) is 15.8 Å². The first-order chi connectivity index (χ1) is 11.2. The van der Waals surface area contributed by atoms with Crippen LogP contribution in [0.3, 0.4) is 0 Å². The summed E-state index contributed by atoms with van der Waals surface area (Å²) >= 11 is 1.68. The van der Waals surface area contributed by atoms with E-state index in [1.807, 2.05) is 34.6 Å². The molecule has 1 aliphatic heterocycles. The van der Waals surface area contributed by atoms with Gasteiger partial charge in [0.05, 0.1) is 12.6 Å². The van der Waals surface area contributed by atoms with Gasteiger partial charge >= 0.3 is 0 Å². The number of nitrogens with zero attached hydrogens (tertiary/aromatic N) is 1. The number of carbonyl (C=O) groups is 1. The summed E-state index contributed by atoms with van der Waals surface area (Å²) in [7, 11) is 0. The van der Waals surface area contributed by atoms with Crippen LogP contribution in [0.4, 0.5) is 0 Å². The Kier molecular flexibility index (Phi) is 5.23. The maximum atomic E-state index is 12.7. The van der Waals surface area contributed by atoms with E-state index in [-0.39, 0.29) is 11.9 Å². The zero-order chi connectivity index (χ0) is 16.1. The van der Waals surface area contributed by atoms with E-state index in [1.54, 1.807) is 17.4 Å². The highest BCUT2D eigenvalue weighted by atomic mass is 32.1. The Bertz CT molecular complexity index is 658. The highest BCUT2D eigenvalue weighted by molar-refractivity contribution is 7.09. The van der Waals surface area contributed by atoms with Gasteiger partial charge in [-0.15, -0.1) is 11.3 Å². The summed E-state index contributed by atoms with van der Waals surface area (Å²) in [6.45, 7) is 4.26. The van der Waals surface area contributed by atoms with Crippen molar-refractivity contribution in [3.05, 3.63) is 63.9 Å². The number of amides is 1. The molecule has 23 heavy (non-hydrogen) atoms. The number of thiophene rings is 1. The molecule has 0 atom stereocenters. The second-order valence-corrected chi connectivity index (χ2v) is 6.74. The summed E-state index contributed by atoms with van der Waals surface area (Å²) in [4.78, 5) is 15.8. The molecule has 0 unspecified atom stereocenters. The molecule has 0 aliphatic carbocycles. The molecule has 3 rings (SSSR count). The van der Waals surface area contributed by atoms with E-state index in [0.29, 0.717) is 6.54 Å². The van der Waals surface area contributed by atoms with E-state index in [9.17, 15) is 4.79 Å². The fraction of sp³-hybridized carbons (Fsp3) is 0.278. The number of hydrogen-bond acceptors (Lipinski definition) is 4. The predicted molar refractivity (Wildman–Crippen MR) is 94.9 cm³/mol. The Morgan fingerprint density at radius 1 is 1.26 bits per heavy atom. The van der Waals surface area contributed by atoms with Crippen molar-refractivity contribution in [2.75, 3.05) is 13.1 Å². The molecule has 1 aliphatic rings. The number of hydrazine groups is 1. The molecule has 1 saturated heterocycles. The third-order valence-corrected chi connectivity index (χ3v) is 4.79. The minimum absolute atomic E-state index is 0.0504. The SMILES string of the molecule is Cc1ccc(/C=C/C(=O)N(Cc2cccs2)C2CNNC2)cc1. The summed E-state index contributed by atoms with van der Waals surface area (Å²) in [6.07, 6.45) is 3.57. The molecule has 0 radical (unpaired) electrons. The first kappa shape index (κ1) is 15.9. The van der Waals surface area contributed by atoms with Gasteiger partial charge in [0, 0.05) is 24.0 Å². The number of nitrogens with one attached hydrogen (secondary N) is 2. The fourth-order valence-corrected chi connectivity index (χ4v) is 3.27. The van der Waals surface area contributed by atoms with Crippen LogP contribution in [0.1, 0.15) is 16.0 Å². The summed E-state index contributed by atoms with van der Waals surface area (Å²) < 4.78 is 0. The first-order valence-corrected chi connectivity index (χ1v) is 8.64. The molecule has 5 heteroatoms. The van der Waals surface area contributed by atoms with Crippen molar-refractivity contribution in [2.24, 2.45) is 0 Å². The normalized spacial score (nSPS) is 15.3. The van der Waals surface area contributed by atoms with Gasteiger partial charge in [-0.3, -0.25) is 15.6 Å². The first-order valence-electron chi connectivity index (χ1n) is 7.76. The minimum Gasteiger partial charge on any atom is -0.328 e. The van der Waals surface area contributed by atoms with Crippen molar-refractivity contribution in [2.45, 2.75) is 19.5 Å². The van der Waals surface area contributed by atoms with Crippen molar-refractivity contribution < 1.29 is 4.79 Å². The molecule has 2 N–H and O–H groups in total. The Hall–Kier alpha value is -1.95. The Morgan fingerprint density at radius 3 is 2.65 bits per heavy atom. The van der Waals surface area contributed by atoms with Crippen LogP contribution in [0.15, 0.2) is 47.9 Å². The van der Waals surface area contributed by atoms with Gasteiger partial charge in [-0.05, 0) is 30.0 Å². The fourth-order valence-electron chi connectivity index (χ4n) is 2.57. The van der Waals surface area contributed by atoms with Gasteiger partial charge in [-0.1, -0.05) is 35.9 Å². The smallest absolute Gasteiger partial charge is 0.247 e. The average Bonchev–Trinajstić information content (AvgIpc) is 3.25. The lowest BCUT2D eigenvalue weighted by molar-refractivity contribution is -0.128. The third-order valence-electron chi connectivity index (χ3n) is 3.93. The number of rotatable bonds is 5. The Morgan fingerprint density at radius 2 is 2.00 bits per heavy atom. The number of hydrogen-bond donors (Lipinski definition) is 2. The molecular formula is C18H21N3OS. The molecule has 0 spiro atoms. The molecule has 120 valence electrons. The summed E-state index contributed by atoms with van der Waals surface area (Å²) in [6, 6.07) is 12.4. The van der Waals surface area contributed by atoms with Gasteiger partial charge in [0.15, 0.2) is 0 Å². The van der Waals surface area contributed by atoms with Crippen LogP contribution >= 0.6 is 11.3 Å². The maximum Gasteiger partial charge on any atom is 0.247 e. The molecule has 0 bridgehead atoms. The van der Waals surface area contributed by atoms with Crippen LogP contribution in [0.2, 0.25) is 0 Å². The zero-order valence-electron chi connectivity index (χ0n) is 13.2. The molecule has 1 amide bonds. The number of benzene rings is 1. The monoisotopic (exact) mass is 327 g/mol. The number of carbonyl (C=O) groups excluding carboxylic acids is 1. The summed E-state index contributed by atoms with van der Waals surface area (Å²) in [5, 5.41) is 2.05. The van der Waals surface area contributed by atoms with Gasteiger partial charge in [-0.25, -0.2) is 0 Å². The summed E-state index contributed by atoms with van der Waals surface area (Å²) in [5.41, 5.74) is 8.47. The molecule has 2 heterocycles. The van der Waals surface area contributed by atoms with E-state index < -0.39 is 0 Å². The second kappa shape index (κ2) is 7.55. The van der Waals surface area contributed by atoms with Crippen LogP contribution in [-0.4, -0.2) is 29.9 Å². The molecule has 1 fully saturated rings. The highest BCUT2D eigenvalue weighted by Crippen LogP contribution is 2.16. The zero-order valence-corrected chi connectivity index (χ0v) is 14.0. The van der Waals surface area contributed by atoms with Gasteiger partial charge < -0.3 is 4.90 Å². The van der Waals surface area contributed by atoms with Crippen LogP contribution in [0, 0.1) is 6.92 Å². The van der Waals surface area contributed by atoms with Crippen LogP contribution in [0.25, 0.3) is 6.08 Å². The largest absolute Gasteiger partial charge is 0.328 e. The van der Waals surface area contributed by atoms with Crippen LogP contribution in [0.5, 0.6) is 0 Å². The number of aryl methyl sites for hydroxylation is 1. The van der Waals surface area contributed by atoms with E-state index in [2.05, 4.69) is 36.0 Å². The van der Waals surface area contributed by atoms with E-state index >= 15 is 0 Å². The predicted octanol–water partition coefficient (Wildman–Crippen LogP) is 2.57. The van der Waals surface area contributed by atoms with Crippen molar-refractivity contribution in [3.63, 3.8) is 0 Å². The minimum atomic E-state index is 0.0504. The quantitative estimate of drug-likeness (QED) is 0.830. The molecule has 1 aromatic heterocycles. The topological polar surface area (TPSA) is 44.4 Å². The van der Waals surface area contributed by atoms with Gasteiger partial charge in [0.1, 0.15) is 0 Å². The average molecular weight is 327 g/mol. The van der Waals surface area contributed by atoms with Crippen molar-refractivity contribution in [3.8, 4) is 0 Å². The van der Waals surface area contributed by atoms with Crippen molar-refractivity contribution >= 4 is 23.3 Å². The molecule has 4 nitrogen and oxygen atoms in total. The lowest BCUT2D eigenvalue weighted by atomic mass is 10.1. The van der Waals surface area contributed by atoms with Gasteiger partial charge in [0.2, 0.25) is 5.91 Å². The molecule has 1 aromatic carbocycles. The van der Waals surface area contributed by atoms with E-state index in [0.717, 1.165) is 18.7 Å². The Balaban J connectivity index is 1.72. The van der Waals surface area contributed by atoms with Crippen LogP contribution < -0.4 is 10.9 Å². The Labute approximate surface area is 140 Å². The summed E-state index contributed by atoms with van der Waals surface area (Å²) in [5.74, 6) is 0.0504. The van der Waals surface area contributed by atoms with E-state index in [1.165, 1.54) is 10.4 Å². The van der Waals surface area contributed by atoms with Crippen LogP contribution in [-0.2, 0) is 11.3 Å². The molecule has 2 aromatic rings.